The number of benzene rings is 1. The average molecular weight is 362 g/mol. The summed E-state index contributed by atoms with van der Waals surface area (Å²) in [5, 5.41) is 9.74. The summed E-state index contributed by atoms with van der Waals surface area (Å²) in [5.74, 6) is -2.48. The quantitative estimate of drug-likeness (QED) is 0.811. The Morgan fingerprint density at radius 3 is 2.70 bits per heavy atom. The number of amides is 1. The van der Waals surface area contributed by atoms with E-state index in [0.717, 1.165) is 23.5 Å². The van der Waals surface area contributed by atoms with E-state index in [2.05, 4.69) is 20.2 Å². The number of hydrogen-bond donors (Lipinski definition) is 2. The summed E-state index contributed by atoms with van der Waals surface area (Å²) in [6.45, 7) is 1.39. The van der Waals surface area contributed by atoms with Gasteiger partial charge in [-0.3, -0.25) is 4.79 Å². The van der Waals surface area contributed by atoms with Crippen molar-refractivity contribution in [3.05, 3.63) is 39.8 Å². The van der Waals surface area contributed by atoms with Gasteiger partial charge in [0.1, 0.15) is 16.6 Å². The molecule has 0 unspecified atom stereocenters. The van der Waals surface area contributed by atoms with Gasteiger partial charge >= 0.3 is 0 Å². The summed E-state index contributed by atoms with van der Waals surface area (Å²) in [6.07, 6.45) is 0. The molecule has 1 heterocycles. The van der Waals surface area contributed by atoms with E-state index >= 15 is 0 Å². The van der Waals surface area contributed by atoms with Crippen molar-refractivity contribution in [2.24, 2.45) is 0 Å². The highest BCUT2D eigenvalue weighted by molar-refractivity contribution is 7.89. The minimum Gasteiger partial charge on any atom is -0.317 e. The molecule has 2 aromatic rings. The van der Waals surface area contributed by atoms with Crippen molar-refractivity contribution in [3.8, 4) is 0 Å². The van der Waals surface area contributed by atoms with Crippen molar-refractivity contribution in [2.75, 3.05) is 11.1 Å². The second kappa shape index (κ2) is 7.06. The van der Waals surface area contributed by atoms with Gasteiger partial charge in [-0.25, -0.2) is 21.9 Å². The molecule has 0 aliphatic rings. The zero-order chi connectivity index (χ0) is 17.0. The Balaban J connectivity index is 2.03. The van der Waals surface area contributed by atoms with Crippen molar-refractivity contribution < 1.29 is 22.0 Å². The van der Waals surface area contributed by atoms with Crippen molar-refractivity contribution in [3.63, 3.8) is 0 Å². The van der Waals surface area contributed by atoms with Gasteiger partial charge in [-0.15, -0.1) is 10.2 Å². The van der Waals surface area contributed by atoms with E-state index in [0.29, 0.717) is 6.07 Å². The molecule has 0 saturated carbocycles. The molecule has 1 amide bonds. The van der Waals surface area contributed by atoms with Gasteiger partial charge in [0.15, 0.2) is 0 Å². The van der Waals surface area contributed by atoms with Crippen molar-refractivity contribution in [1.82, 2.24) is 14.9 Å². The molecule has 11 heteroatoms. The van der Waals surface area contributed by atoms with Gasteiger partial charge in [0.2, 0.25) is 15.0 Å². The minimum absolute atomic E-state index is 0.0700. The maximum Gasteiger partial charge on any atom is 0.286 e. The molecule has 1 aromatic carbocycles. The fraction of sp³-hybridized carbons (Fsp3) is 0.250. The first-order chi connectivity index (χ1) is 10.8. The molecular formula is C12H12F2N4O3S2. The normalized spacial score (nSPS) is 11.4. The van der Waals surface area contributed by atoms with Crippen LogP contribution in [0.1, 0.15) is 21.7 Å². The van der Waals surface area contributed by atoms with Gasteiger partial charge < -0.3 is 5.32 Å². The first-order valence-corrected chi connectivity index (χ1v) is 8.83. The molecule has 2 N–H and O–H groups in total. The van der Waals surface area contributed by atoms with Crippen LogP contribution in [0.4, 0.5) is 14.5 Å². The zero-order valence-electron chi connectivity index (χ0n) is 11.8. The van der Waals surface area contributed by atoms with E-state index in [1.807, 2.05) is 0 Å². The number of sulfonamides is 1. The minimum atomic E-state index is -3.38. The predicted molar refractivity (Wildman–Crippen MR) is 80.5 cm³/mol. The van der Waals surface area contributed by atoms with Crippen molar-refractivity contribution >= 4 is 33.0 Å². The number of halogens is 2. The predicted octanol–water partition coefficient (Wildman–Crippen LogP) is 1.51. The lowest BCUT2D eigenvalue weighted by molar-refractivity contribution is 0.102. The van der Waals surface area contributed by atoms with Crippen LogP contribution in [0.5, 0.6) is 0 Å². The number of rotatable bonds is 6. The molecular weight excluding hydrogens is 350 g/mol. The topological polar surface area (TPSA) is 101 Å². The Kier molecular flexibility index (Phi) is 5.34. The first kappa shape index (κ1) is 17.4. The van der Waals surface area contributed by atoms with E-state index in [9.17, 15) is 22.0 Å². The highest BCUT2D eigenvalue weighted by atomic mass is 32.2. The molecule has 0 aliphatic heterocycles. The van der Waals surface area contributed by atoms with E-state index in [1.165, 1.54) is 6.92 Å². The molecule has 7 nitrogen and oxygen atoms in total. The molecule has 0 spiro atoms. The van der Waals surface area contributed by atoms with Crippen LogP contribution in [0, 0.1) is 11.6 Å². The van der Waals surface area contributed by atoms with Crippen LogP contribution in [0.25, 0.3) is 0 Å². The second-order valence-electron chi connectivity index (χ2n) is 4.30. The third kappa shape index (κ3) is 4.74. The number of carbonyl (C=O) groups is 1. The number of hydrogen-bond acceptors (Lipinski definition) is 6. The van der Waals surface area contributed by atoms with Gasteiger partial charge in [-0.2, -0.15) is 0 Å². The molecule has 0 bridgehead atoms. The number of aromatic nitrogens is 2. The van der Waals surface area contributed by atoms with Crippen LogP contribution in [0.15, 0.2) is 18.2 Å². The van der Waals surface area contributed by atoms with E-state index in [1.54, 1.807) is 0 Å². The molecule has 0 saturated heterocycles. The van der Waals surface area contributed by atoms with Crippen LogP contribution in [0.2, 0.25) is 0 Å². The first-order valence-electron chi connectivity index (χ1n) is 6.37. The van der Waals surface area contributed by atoms with Crippen LogP contribution in [0.3, 0.4) is 0 Å². The number of carbonyl (C=O) groups excluding carboxylic acids is 1. The number of anilines is 1. The highest BCUT2D eigenvalue weighted by Crippen LogP contribution is 2.17. The van der Waals surface area contributed by atoms with E-state index in [4.69, 9.17) is 0 Å². The number of nitrogens with one attached hydrogen (secondary N) is 2. The summed E-state index contributed by atoms with van der Waals surface area (Å²) in [4.78, 5) is 11.9. The Morgan fingerprint density at radius 1 is 1.30 bits per heavy atom. The molecule has 0 aliphatic carbocycles. The summed E-state index contributed by atoms with van der Waals surface area (Å²) in [5.41, 5.74) is -0.195. The van der Waals surface area contributed by atoms with Crippen LogP contribution in [-0.4, -0.2) is 30.3 Å². The van der Waals surface area contributed by atoms with Gasteiger partial charge in [-0.1, -0.05) is 11.3 Å². The van der Waals surface area contributed by atoms with Crippen LogP contribution < -0.4 is 10.0 Å². The Bertz CT molecular complexity index is 823. The highest BCUT2D eigenvalue weighted by Gasteiger charge is 2.16. The fourth-order valence-electron chi connectivity index (χ4n) is 1.46. The maximum absolute atomic E-state index is 13.5. The SMILES string of the molecule is CCS(=O)(=O)NCc1nnc(C(=O)Nc2ccc(F)cc2F)s1. The number of nitrogens with zero attached hydrogens (tertiary/aromatic N) is 2. The Labute approximate surface area is 134 Å². The summed E-state index contributed by atoms with van der Waals surface area (Å²) in [6, 6.07) is 2.73. The molecule has 0 radical (unpaired) electrons. The smallest absolute Gasteiger partial charge is 0.286 e. The molecule has 0 atom stereocenters. The third-order valence-corrected chi connectivity index (χ3v) is 4.93. The summed E-state index contributed by atoms with van der Waals surface area (Å²) < 4.78 is 51.2. The van der Waals surface area contributed by atoms with E-state index in [-0.39, 0.29) is 28.0 Å². The van der Waals surface area contributed by atoms with Crippen LogP contribution in [-0.2, 0) is 16.6 Å². The monoisotopic (exact) mass is 362 g/mol. The fourth-order valence-corrected chi connectivity index (χ4v) is 2.78. The molecule has 23 heavy (non-hydrogen) atoms. The second-order valence-corrected chi connectivity index (χ2v) is 7.46. The molecule has 2 rings (SSSR count). The summed E-state index contributed by atoms with van der Waals surface area (Å²) in [7, 11) is -3.38. The van der Waals surface area contributed by atoms with Gasteiger partial charge in [0.05, 0.1) is 18.0 Å². The Hall–Kier alpha value is -1.98. The molecule has 0 fully saturated rings. The molecule has 124 valence electrons. The lowest BCUT2D eigenvalue weighted by Crippen LogP contribution is -2.24. The average Bonchev–Trinajstić information content (AvgIpc) is 2.97. The lowest BCUT2D eigenvalue weighted by Gasteiger charge is -2.03. The van der Waals surface area contributed by atoms with Crippen LogP contribution >= 0.6 is 11.3 Å². The van der Waals surface area contributed by atoms with Gasteiger partial charge in [0.25, 0.3) is 5.91 Å². The summed E-state index contributed by atoms with van der Waals surface area (Å²) >= 11 is 0.863. The zero-order valence-corrected chi connectivity index (χ0v) is 13.5. The van der Waals surface area contributed by atoms with Gasteiger partial charge in [-0.05, 0) is 19.1 Å². The standard InChI is InChI=1S/C12H12F2N4O3S2/c1-2-23(20,21)15-6-10-17-18-12(22-10)11(19)16-9-4-3-7(13)5-8(9)14/h3-5,15H,2,6H2,1H3,(H,16,19). The Morgan fingerprint density at radius 2 is 2.04 bits per heavy atom. The van der Waals surface area contributed by atoms with Crippen molar-refractivity contribution in [2.45, 2.75) is 13.5 Å². The van der Waals surface area contributed by atoms with Crippen molar-refractivity contribution in [1.29, 1.82) is 0 Å². The molecule has 1 aromatic heterocycles. The maximum atomic E-state index is 13.5. The third-order valence-electron chi connectivity index (χ3n) is 2.66. The lowest BCUT2D eigenvalue weighted by atomic mass is 10.3. The van der Waals surface area contributed by atoms with E-state index < -0.39 is 27.6 Å². The van der Waals surface area contributed by atoms with Gasteiger partial charge in [0, 0.05) is 6.07 Å². The largest absolute Gasteiger partial charge is 0.317 e.